The molecule has 0 aliphatic heterocycles. The topological polar surface area (TPSA) is 76.7 Å². The molecule has 2 aromatic carbocycles. The number of ether oxygens (including phenoxy) is 2. The SMILES string of the molecule is COc1ccc(C(=O)NCCNC(=O)Oc2ccccc2)cc1. The van der Waals surface area contributed by atoms with Crippen molar-refractivity contribution in [2.45, 2.75) is 0 Å². The van der Waals surface area contributed by atoms with E-state index in [9.17, 15) is 9.59 Å². The van der Waals surface area contributed by atoms with Gasteiger partial charge < -0.3 is 20.1 Å². The minimum Gasteiger partial charge on any atom is -0.497 e. The van der Waals surface area contributed by atoms with Gasteiger partial charge in [-0.25, -0.2) is 4.79 Å². The zero-order chi connectivity index (χ0) is 16.5. The molecule has 0 saturated carbocycles. The molecule has 0 aliphatic carbocycles. The Morgan fingerprint density at radius 2 is 1.52 bits per heavy atom. The van der Waals surface area contributed by atoms with E-state index < -0.39 is 6.09 Å². The summed E-state index contributed by atoms with van der Waals surface area (Å²) in [5.74, 6) is 0.935. The number of amides is 2. The van der Waals surface area contributed by atoms with Crippen molar-refractivity contribution in [1.82, 2.24) is 10.6 Å². The molecule has 0 unspecified atom stereocenters. The molecule has 6 nitrogen and oxygen atoms in total. The monoisotopic (exact) mass is 314 g/mol. The van der Waals surface area contributed by atoms with Crippen molar-refractivity contribution in [2.75, 3.05) is 20.2 Å². The maximum atomic E-state index is 11.9. The Bertz CT molecular complexity index is 641. The van der Waals surface area contributed by atoms with E-state index in [1.165, 1.54) is 0 Å². The van der Waals surface area contributed by atoms with Crippen molar-refractivity contribution in [3.8, 4) is 11.5 Å². The minimum atomic E-state index is -0.560. The van der Waals surface area contributed by atoms with E-state index in [-0.39, 0.29) is 12.5 Å². The molecule has 23 heavy (non-hydrogen) atoms. The van der Waals surface area contributed by atoms with Crippen LogP contribution < -0.4 is 20.1 Å². The number of carbonyl (C=O) groups excluding carboxylic acids is 2. The number of hydrogen-bond acceptors (Lipinski definition) is 4. The van der Waals surface area contributed by atoms with Gasteiger partial charge in [-0.3, -0.25) is 4.79 Å². The van der Waals surface area contributed by atoms with Crippen LogP contribution >= 0.6 is 0 Å². The van der Waals surface area contributed by atoms with Gasteiger partial charge in [-0.1, -0.05) is 18.2 Å². The Labute approximate surface area is 134 Å². The summed E-state index contributed by atoms with van der Waals surface area (Å²) < 4.78 is 10.1. The molecule has 2 aromatic rings. The Balaban J connectivity index is 1.68. The average molecular weight is 314 g/mol. The fraction of sp³-hybridized carbons (Fsp3) is 0.176. The molecule has 0 spiro atoms. The maximum absolute atomic E-state index is 11.9. The standard InChI is InChI=1S/C17H18N2O4/c1-22-14-9-7-13(8-10-14)16(20)18-11-12-19-17(21)23-15-5-3-2-4-6-15/h2-10H,11-12H2,1H3,(H,18,20)(H,19,21). The lowest BCUT2D eigenvalue weighted by Gasteiger charge is -2.08. The Morgan fingerprint density at radius 1 is 0.870 bits per heavy atom. The molecule has 2 N–H and O–H groups in total. The second kappa shape index (κ2) is 8.43. The number of rotatable bonds is 6. The number of carbonyl (C=O) groups is 2. The predicted octanol–water partition coefficient (Wildman–Crippen LogP) is 2.21. The van der Waals surface area contributed by atoms with Crippen LogP contribution in [-0.2, 0) is 0 Å². The van der Waals surface area contributed by atoms with Crippen LogP contribution in [-0.4, -0.2) is 32.2 Å². The van der Waals surface area contributed by atoms with Gasteiger partial charge in [0.25, 0.3) is 5.91 Å². The Hall–Kier alpha value is -3.02. The molecular formula is C17H18N2O4. The molecule has 120 valence electrons. The van der Waals surface area contributed by atoms with Gasteiger partial charge in [0, 0.05) is 18.7 Å². The van der Waals surface area contributed by atoms with Gasteiger partial charge in [-0.2, -0.15) is 0 Å². The van der Waals surface area contributed by atoms with Crippen LogP contribution in [0.1, 0.15) is 10.4 Å². The average Bonchev–Trinajstić information content (AvgIpc) is 2.59. The third-order valence-electron chi connectivity index (χ3n) is 2.99. The van der Waals surface area contributed by atoms with Crippen molar-refractivity contribution in [3.05, 3.63) is 60.2 Å². The quantitative estimate of drug-likeness (QED) is 0.802. The molecule has 0 atom stereocenters. The number of benzene rings is 2. The molecule has 0 saturated heterocycles. The molecule has 0 aromatic heterocycles. The second-order valence-electron chi connectivity index (χ2n) is 4.61. The van der Waals surface area contributed by atoms with E-state index in [1.54, 1.807) is 55.6 Å². The van der Waals surface area contributed by atoms with Crippen molar-refractivity contribution in [2.24, 2.45) is 0 Å². The molecule has 0 heterocycles. The summed E-state index contributed by atoms with van der Waals surface area (Å²) >= 11 is 0. The first-order valence-electron chi connectivity index (χ1n) is 7.12. The highest BCUT2D eigenvalue weighted by molar-refractivity contribution is 5.94. The van der Waals surface area contributed by atoms with Crippen LogP contribution in [0.25, 0.3) is 0 Å². The van der Waals surface area contributed by atoms with Crippen LogP contribution in [0.5, 0.6) is 11.5 Å². The molecule has 2 amide bonds. The van der Waals surface area contributed by atoms with Crippen LogP contribution in [0.4, 0.5) is 4.79 Å². The van der Waals surface area contributed by atoms with Gasteiger partial charge >= 0.3 is 6.09 Å². The highest BCUT2D eigenvalue weighted by atomic mass is 16.6. The normalized spacial score (nSPS) is 9.78. The Morgan fingerprint density at radius 3 is 2.17 bits per heavy atom. The number of hydrogen-bond donors (Lipinski definition) is 2. The molecule has 6 heteroatoms. The van der Waals surface area contributed by atoms with Gasteiger partial charge in [0.15, 0.2) is 0 Å². The summed E-state index contributed by atoms with van der Waals surface area (Å²) in [4.78, 5) is 23.4. The highest BCUT2D eigenvalue weighted by Gasteiger charge is 2.06. The number of para-hydroxylation sites is 1. The van der Waals surface area contributed by atoms with Gasteiger partial charge in [-0.15, -0.1) is 0 Å². The van der Waals surface area contributed by atoms with Crippen LogP contribution in [0.15, 0.2) is 54.6 Å². The lowest BCUT2D eigenvalue weighted by atomic mass is 10.2. The Kier molecular flexibility index (Phi) is 5.99. The molecule has 0 bridgehead atoms. The van der Waals surface area contributed by atoms with Gasteiger partial charge in [0.05, 0.1) is 7.11 Å². The van der Waals surface area contributed by atoms with Crippen LogP contribution in [0, 0.1) is 0 Å². The van der Waals surface area contributed by atoms with Gasteiger partial charge in [0.2, 0.25) is 0 Å². The summed E-state index contributed by atoms with van der Waals surface area (Å²) in [7, 11) is 1.56. The van der Waals surface area contributed by atoms with E-state index in [4.69, 9.17) is 9.47 Å². The molecule has 0 radical (unpaired) electrons. The van der Waals surface area contributed by atoms with Gasteiger partial charge in [0.1, 0.15) is 11.5 Å². The van der Waals surface area contributed by atoms with E-state index in [0.717, 1.165) is 0 Å². The van der Waals surface area contributed by atoms with Crippen LogP contribution in [0.2, 0.25) is 0 Å². The molecular weight excluding hydrogens is 296 g/mol. The first-order chi connectivity index (χ1) is 11.2. The van der Waals surface area contributed by atoms with Gasteiger partial charge in [-0.05, 0) is 36.4 Å². The fourth-order valence-electron chi connectivity index (χ4n) is 1.82. The molecule has 0 aliphatic rings. The summed E-state index contributed by atoms with van der Waals surface area (Å²) in [6.07, 6.45) is -0.560. The largest absolute Gasteiger partial charge is 0.497 e. The minimum absolute atomic E-state index is 0.217. The second-order valence-corrected chi connectivity index (χ2v) is 4.61. The first kappa shape index (κ1) is 16.4. The predicted molar refractivity (Wildman–Crippen MR) is 85.8 cm³/mol. The summed E-state index contributed by atoms with van der Waals surface area (Å²) in [6, 6.07) is 15.5. The van der Waals surface area contributed by atoms with Crippen molar-refractivity contribution in [1.29, 1.82) is 0 Å². The van der Waals surface area contributed by atoms with Crippen LogP contribution in [0.3, 0.4) is 0 Å². The summed E-state index contributed by atoms with van der Waals surface area (Å²) in [5, 5.41) is 5.27. The number of methoxy groups -OCH3 is 1. The van der Waals surface area contributed by atoms with E-state index in [2.05, 4.69) is 10.6 Å². The third kappa shape index (κ3) is 5.35. The van der Waals surface area contributed by atoms with E-state index in [1.807, 2.05) is 6.07 Å². The fourth-order valence-corrected chi connectivity index (χ4v) is 1.82. The molecule has 0 fully saturated rings. The smallest absolute Gasteiger partial charge is 0.412 e. The van der Waals surface area contributed by atoms with Crippen molar-refractivity contribution in [3.63, 3.8) is 0 Å². The van der Waals surface area contributed by atoms with E-state index >= 15 is 0 Å². The lowest BCUT2D eigenvalue weighted by molar-refractivity contribution is 0.0953. The van der Waals surface area contributed by atoms with Crippen molar-refractivity contribution >= 4 is 12.0 Å². The molecule has 2 rings (SSSR count). The van der Waals surface area contributed by atoms with Crippen molar-refractivity contribution < 1.29 is 19.1 Å². The first-order valence-corrected chi connectivity index (χ1v) is 7.12. The van der Waals surface area contributed by atoms with E-state index in [0.29, 0.717) is 23.6 Å². The summed E-state index contributed by atoms with van der Waals surface area (Å²) in [6.45, 7) is 0.572. The maximum Gasteiger partial charge on any atom is 0.412 e. The zero-order valence-electron chi connectivity index (χ0n) is 12.7. The third-order valence-corrected chi connectivity index (χ3v) is 2.99. The lowest BCUT2D eigenvalue weighted by Crippen LogP contribution is -2.36. The highest BCUT2D eigenvalue weighted by Crippen LogP contribution is 2.11. The number of nitrogens with one attached hydrogen (secondary N) is 2. The summed E-state index contributed by atoms with van der Waals surface area (Å²) in [5.41, 5.74) is 0.526. The zero-order valence-corrected chi connectivity index (χ0v) is 12.7.